The van der Waals surface area contributed by atoms with Crippen molar-refractivity contribution in [2.75, 3.05) is 11.5 Å². The van der Waals surface area contributed by atoms with Crippen molar-refractivity contribution in [1.82, 2.24) is 0 Å². The first-order chi connectivity index (χ1) is 15.9. The van der Waals surface area contributed by atoms with Crippen molar-refractivity contribution in [2.45, 2.75) is 26.3 Å². The second-order valence-electron chi connectivity index (χ2n) is 7.90. The van der Waals surface area contributed by atoms with Gasteiger partial charge in [0.25, 0.3) is 11.7 Å². The third-order valence-corrected chi connectivity index (χ3v) is 5.61. The minimum atomic E-state index is -0.893. The number of amides is 1. The van der Waals surface area contributed by atoms with Crippen LogP contribution < -0.4 is 9.64 Å². The molecule has 0 spiro atoms. The zero-order valence-electron chi connectivity index (χ0n) is 18.5. The summed E-state index contributed by atoms with van der Waals surface area (Å²) in [5.41, 5.74) is 2.02. The number of aliphatic hydroxyl groups is 1. The van der Waals surface area contributed by atoms with E-state index in [9.17, 15) is 19.8 Å². The molecule has 1 amide bonds. The molecule has 1 fully saturated rings. The molecule has 1 atom stereocenters. The number of ketones is 1. The molecule has 6 heteroatoms. The van der Waals surface area contributed by atoms with Gasteiger partial charge in [0, 0.05) is 5.56 Å². The average molecular weight is 443 g/mol. The summed E-state index contributed by atoms with van der Waals surface area (Å²) >= 11 is 0. The predicted molar refractivity (Wildman–Crippen MR) is 126 cm³/mol. The average Bonchev–Trinajstić information content (AvgIpc) is 3.09. The highest BCUT2D eigenvalue weighted by molar-refractivity contribution is 6.51. The van der Waals surface area contributed by atoms with Gasteiger partial charge in [-0.25, -0.2) is 0 Å². The molecule has 1 unspecified atom stereocenters. The number of phenolic OH excluding ortho intramolecular Hbond substituents is 1. The zero-order chi connectivity index (χ0) is 23.5. The number of hydrogen-bond donors (Lipinski definition) is 2. The minimum Gasteiger partial charge on any atom is -0.507 e. The molecule has 0 radical (unpaired) electrons. The fourth-order valence-corrected chi connectivity index (χ4v) is 4.03. The number of ether oxygens (including phenoxy) is 1. The van der Waals surface area contributed by atoms with Crippen LogP contribution >= 0.6 is 0 Å². The first-order valence-electron chi connectivity index (χ1n) is 10.8. The molecule has 1 aliphatic rings. The molecule has 2 N–H and O–H groups in total. The fourth-order valence-electron chi connectivity index (χ4n) is 4.03. The maximum atomic E-state index is 13.2. The van der Waals surface area contributed by atoms with Crippen molar-refractivity contribution in [3.63, 3.8) is 0 Å². The third kappa shape index (κ3) is 4.07. The summed E-state index contributed by atoms with van der Waals surface area (Å²) in [6.07, 6.45) is 0.869. The maximum Gasteiger partial charge on any atom is 0.300 e. The number of benzene rings is 3. The Hall–Kier alpha value is -4.06. The summed E-state index contributed by atoms with van der Waals surface area (Å²) < 4.78 is 5.71. The zero-order valence-corrected chi connectivity index (χ0v) is 18.5. The predicted octanol–water partition coefficient (Wildman–Crippen LogP) is 5.12. The van der Waals surface area contributed by atoms with E-state index in [0.29, 0.717) is 23.5 Å². The lowest BCUT2D eigenvalue weighted by Crippen LogP contribution is -2.29. The van der Waals surface area contributed by atoms with Gasteiger partial charge in [-0.3, -0.25) is 14.5 Å². The van der Waals surface area contributed by atoms with Crippen LogP contribution in [0.2, 0.25) is 0 Å². The van der Waals surface area contributed by atoms with Crippen molar-refractivity contribution in [1.29, 1.82) is 0 Å². The van der Waals surface area contributed by atoms with Gasteiger partial charge in [-0.2, -0.15) is 0 Å². The van der Waals surface area contributed by atoms with E-state index in [4.69, 9.17) is 4.74 Å². The Morgan fingerprint density at radius 1 is 1.00 bits per heavy atom. The van der Waals surface area contributed by atoms with Crippen LogP contribution in [0, 0.1) is 6.92 Å². The van der Waals surface area contributed by atoms with Gasteiger partial charge >= 0.3 is 0 Å². The molecule has 3 aromatic rings. The van der Waals surface area contributed by atoms with Gasteiger partial charge in [-0.1, -0.05) is 49.4 Å². The summed E-state index contributed by atoms with van der Waals surface area (Å²) in [5.74, 6) is -1.33. The molecular formula is C27H25NO5. The highest BCUT2D eigenvalue weighted by atomic mass is 16.5. The van der Waals surface area contributed by atoms with Gasteiger partial charge in [0.05, 0.1) is 23.9 Å². The van der Waals surface area contributed by atoms with Crippen LogP contribution in [-0.2, 0) is 9.59 Å². The van der Waals surface area contributed by atoms with E-state index in [2.05, 4.69) is 0 Å². The minimum absolute atomic E-state index is 0.0314. The molecular weight excluding hydrogens is 418 g/mol. The number of anilines is 1. The Balaban J connectivity index is 1.88. The normalized spacial score (nSPS) is 17.4. The summed E-state index contributed by atoms with van der Waals surface area (Å²) in [6.45, 7) is 4.45. The second kappa shape index (κ2) is 9.20. The molecule has 0 bridgehead atoms. The topological polar surface area (TPSA) is 87.1 Å². The van der Waals surface area contributed by atoms with Crippen LogP contribution in [0.1, 0.15) is 36.1 Å². The largest absolute Gasteiger partial charge is 0.507 e. The van der Waals surface area contributed by atoms with Gasteiger partial charge in [-0.05, 0) is 54.8 Å². The number of carbonyl (C=O) groups excluding carboxylic acids is 2. The number of rotatable bonds is 6. The van der Waals surface area contributed by atoms with Gasteiger partial charge in [0.1, 0.15) is 17.3 Å². The highest BCUT2D eigenvalue weighted by Crippen LogP contribution is 2.44. The molecule has 6 nitrogen and oxygen atoms in total. The highest BCUT2D eigenvalue weighted by Gasteiger charge is 2.47. The van der Waals surface area contributed by atoms with Gasteiger partial charge in [0.2, 0.25) is 0 Å². The lowest BCUT2D eigenvalue weighted by molar-refractivity contribution is -0.132. The number of aromatic hydroxyl groups is 1. The van der Waals surface area contributed by atoms with Gasteiger partial charge < -0.3 is 14.9 Å². The Morgan fingerprint density at radius 3 is 2.36 bits per heavy atom. The lowest BCUT2D eigenvalue weighted by atomic mass is 9.94. The van der Waals surface area contributed by atoms with Crippen LogP contribution in [0.5, 0.6) is 11.5 Å². The van der Waals surface area contributed by atoms with Crippen molar-refractivity contribution < 1.29 is 24.5 Å². The monoisotopic (exact) mass is 443 g/mol. The second-order valence-corrected chi connectivity index (χ2v) is 7.90. The Labute approximate surface area is 192 Å². The number of phenols is 1. The molecule has 3 aromatic carbocycles. The lowest BCUT2D eigenvalue weighted by Gasteiger charge is -2.26. The van der Waals surface area contributed by atoms with E-state index in [0.717, 1.165) is 12.0 Å². The van der Waals surface area contributed by atoms with E-state index in [-0.39, 0.29) is 22.8 Å². The van der Waals surface area contributed by atoms with Crippen molar-refractivity contribution >= 4 is 23.1 Å². The number of Topliss-reactive ketones (excluding diaryl/α,β-unsaturated/α-hetero) is 1. The number of hydrogen-bond acceptors (Lipinski definition) is 5. The molecule has 0 aliphatic carbocycles. The molecule has 0 aromatic heterocycles. The number of aryl methyl sites for hydroxylation is 1. The van der Waals surface area contributed by atoms with E-state index in [1.54, 1.807) is 60.7 Å². The SMILES string of the molecule is CCCOc1ccc(/C(O)=C2/C(=O)C(=O)N(c3ccccc3O)C2c2ccccc2)cc1C. The number of para-hydroxylation sites is 2. The van der Waals surface area contributed by atoms with E-state index in [1.165, 1.54) is 11.0 Å². The summed E-state index contributed by atoms with van der Waals surface area (Å²) in [6, 6.07) is 19.6. The van der Waals surface area contributed by atoms with Crippen LogP contribution in [0.15, 0.2) is 78.4 Å². The van der Waals surface area contributed by atoms with Gasteiger partial charge in [-0.15, -0.1) is 0 Å². The van der Waals surface area contributed by atoms with Crippen molar-refractivity contribution in [2.24, 2.45) is 0 Å². The molecule has 33 heavy (non-hydrogen) atoms. The quantitative estimate of drug-likeness (QED) is 0.314. The molecule has 1 saturated heterocycles. The van der Waals surface area contributed by atoms with Gasteiger partial charge in [0.15, 0.2) is 0 Å². The standard InChI is InChI=1S/C27H25NO5/c1-3-15-33-22-14-13-19(16-17(22)2)25(30)23-24(18-9-5-4-6-10-18)28(27(32)26(23)31)20-11-7-8-12-21(20)29/h4-14,16,24,29-30H,3,15H2,1-2H3/b25-23-. The maximum absolute atomic E-state index is 13.2. The van der Waals surface area contributed by atoms with E-state index < -0.39 is 17.7 Å². The molecule has 1 heterocycles. The van der Waals surface area contributed by atoms with E-state index in [1.807, 2.05) is 19.9 Å². The Kier molecular flexibility index (Phi) is 6.18. The summed E-state index contributed by atoms with van der Waals surface area (Å²) in [4.78, 5) is 27.5. The molecule has 4 rings (SSSR count). The van der Waals surface area contributed by atoms with Crippen LogP contribution in [-0.4, -0.2) is 28.5 Å². The van der Waals surface area contributed by atoms with Crippen LogP contribution in [0.3, 0.4) is 0 Å². The molecule has 0 saturated carbocycles. The first kappa shape index (κ1) is 22.1. The summed E-state index contributed by atoms with van der Waals surface area (Å²) in [5, 5.41) is 21.7. The Bertz CT molecular complexity index is 1230. The molecule has 168 valence electrons. The Morgan fingerprint density at radius 2 is 1.70 bits per heavy atom. The smallest absolute Gasteiger partial charge is 0.300 e. The van der Waals surface area contributed by atoms with Crippen LogP contribution in [0.25, 0.3) is 5.76 Å². The number of carbonyl (C=O) groups is 2. The number of aliphatic hydroxyl groups excluding tert-OH is 1. The van der Waals surface area contributed by atoms with Crippen molar-refractivity contribution in [3.05, 3.63) is 95.1 Å². The first-order valence-corrected chi connectivity index (χ1v) is 10.8. The van der Waals surface area contributed by atoms with E-state index >= 15 is 0 Å². The molecule has 1 aliphatic heterocycles. The third-order valence-electron chi connectivity index (χ3n) is 5.61. The fraction of sp³-hybridized carbons (Fsp3) is 0.185. The summed E-state index contributed by atoms with van der Waals surface area (Å²) in [7, 11) is 0. The van der Waals surface area contributed by atoms with Crippen LogP contribution in [0.4, 0.5) is 5.69 Å². The number of nitrogens with zero attached hydrogens (tertiary/aromatic N) is 1. The van der Waals surface area contributed by atoms with Crippen molar-refractivity contribution in [3.8, 4) is 11.5 Å².